The second kappa shape index (κ2) is 5.93. The third kappa shape index (κ3) is 3.38. The maximum Gasteiger partial charge on any atom is 0.306 e. The summed E-state index contributed by atoms with van der Waals surface area (Å²) >= 11 is 0. The minimum absolute atomic E-state index is 0.176. The molecule has 0 spiro atoms. The second-order valence-electron chi connectivity index (χ2n) is 4.75. The van der Waals surface area contributed by atoms with E-state index in [0.717, 1.165) is 6.42 Å². The normalized spacial score (nSPS) is 17.4. The first-order chi connectivity index (χ1) is 9.08. The number of ether oxygens (including phenoxy) is 2. The van der Waals surface area contributed by atoms with E-state index in [1.807, 2.05) is 0 Å². The molecule has 0 saturated heterocycles. The predicted octanol–water partition coefficient (Wildman–Crippen LogP) is 1.99. The minimum atomic E-state index is -0.909. The van der Waals surface area contributed by atoms with Gasteiger partial charge in [-0.3, -0.25) is 4.79 Å². The number of aliphatic carboxylic acids is 1. The standard InChI is InChI=1S/C14H18O5/c1-9(14(16)17)7-11(15)10-3-4-12-13(8-10)19-6-2-5-18-12/h3-4,8-9,11,15H,2,5-7H2,1H3,(H,16,17). The molecule has 0 fully saturated rings. The van der Waals surface area contributed by atoms with Gasteiger partial charge in [-0.2, -0.15) is 0 Å². The zero-order valence-corrected chi connectivity index (χ0v) is 10.8. The van der Waals surface area contributed by atoms with Gasteiger partial charge < -0.3 is 19.7 Å². The van der Waals surface area contributed by atoms with Gasteiger partial charge >= 0.3 is 5.97 Å². The number of rotatable bonds is 4. The van der Waals surface area contributed by atoms with Crippen molar-refractivity contribution in [1.82, 2.24) is 0 Å². The summed E-state index contributed by atoms with van der Waals surface area (Å²) in [6, 6.07) is 5.22. The Kier molecular flexibility index (Phi) is 4.27. The summed E-state index contributed by atoms with van der Waals surface area (Å²) in [7, 11) is 0. The highest BCUT2D eigenvalue weighted by Crippen LogP contribution is 2.33. The van der Waals surface area contributed by atoms with Gasteiger partial charge in [0.15, 0.2) is 11.5 Å². The first kappa shape index (κ1) is 13.7. The largest absolute Gasteiger partial charge is 0.490 e. The molecule has 0 saturated carbocycles. The molecule has 0 radical (unpaired) electrons. The van der Waals surface area contributed by atoms with Gasteiger partial charge in [0.05, 0.1) is 25.2 Å². The monoisotopic (exact) mass is 266 g/mol. The number of benzene rings is 1. The molecule has 19 heavy (non-hydrogen) atoms. The number of aliphatic hydroxyl groups is 1. The van der Waals surface area contributed by atoms with Crippen LogP contribution in [0.3, 0.4) is 0 Å². The van der Waals surface area contributed by atoms with Crippen LogP contribution >= 0.6 is 0 Å². The highest BCUT2D eigenvalue weighted by molar-refractivity contribution is 5.69. The summed E-state index contributed by atoms with van der Waals surface area (Å²) in [6.45, 7) is 2.78. The van der Waals surface area contributed by atoms with Crippen LogP contribution in [-0.4, -0.2) is 29.4 Å². The van der Waals surface area contributed by atoms with Crippen molar-refractivity contribution in [3.05, 3.63) is 23.8 Å². The molecule has 5 heteroatoms. The number of carboxylic acids is 1. The number of hydrogen-bond acceptors (Lipinski definition) is 4. The van der Waals surface area contributed by atoms with Crippen LogP contribution in [-0.2, 0) is 4.79 Å². The Morgan fingerprint density at radius 2 is 2.00 bits per heavy atom. The van der Waals surface area contributed by atoms with Gasteiger partial charge in [-0.05, 0) is 24.1 Å². The molecule has 2 rings (SSSR count). The van der Waals surface area contributed by atoms with Gasteiger partial charge in [0.1, 0.15) is 0 Å². The Hall–Kier alpha value is -1.75. The Morgan fingerprint density at radius 1 is 1.32 bits per heavy atom. The van der Waals surface area contributed by atoms with Crippen LogP contribution in [0.25, 0.3) is 0 Å². The second-order valence-corrected chi connectivity index (χ2v) is 4.75. The highest BCUT2D eigenvalue weighted by Gasteiger charge is 2.19. The highest BCUT2D eigenvalue weighted by atomic mass is 16.5. The summed E-state index contributed by atoms with van der Waals surface area (Å²) in [6.07, 6.45) is 0.181. The first-order valence-corrected chi connectivity index (χ1v) is 6.38. The summed E-state index contributed by atoms with van der Waals surface area (Å²) in [5.74, 6) is -0.226. The van der Waals surface area contributed by atoms with Gasteiger partial charge in [-0.1, -0.05) is 13.0 Å². The molecule has 2 atom stereocenters. The molecule has 1 heterocycles. The van der Waals surface area contributed by atoms with Crippen molar-refractivity contribution in [2.24, 2.45) is 5.92 Å². The van der Waals surface area contributed by atoms with Crippen molar-refractivity contribution in [2.75, 3.05) is 13.2 Å². The lowest BCUT2D eigenvalue weighted by Gasteiger charge is -2.15. The van der Waals surface area contributed by atoms with E-state index in [4.69, 9.17) is 14.6 Å². The van der Waals surface area contributed by atoms with Gasteiger partial charge in [-0.25, -0.2) is 0 Å². The van der Waals surface area contributed by atoms with Crippen molar-refractivity contribution < 1.29 is 24.5 Å². The molecular formula is C14H18O5. The van der Waals surface area contributed by atoms with Crippen molar-refractivity contribution >= 4 is 5.97 Å². The molecule has 1 aromatic rings. The summed E-state index contributed by atoms with van der Waals surface area (Å²) < 4.78 is 11.0. The van der Waals surface area contributed by atoms with E-state index >= 15 is 0 Å². The van der Waals surface area contributed by atoms with Crippen LogP contribution in [0.1, 0.15) is 31.4 Å². The van der Waals surface area contributed by atoms with Crippen molar-refractivity contribution in [3.8, 4) is 11.5 Å². The smallest absolute Gasteiger partial charge is 0.306 e. The minimum Gasteiger partial charge on any atom is -0.490 e. The quantitative estimate of drug-likeness (QED) is 0.871. The molecule has 2 unspecified atom stereocenters. The molecule has 1 aromatic carbocycles. The fourth-order valence-electron chi connectivity index (χ4n) is 1.96. The molecule has 0 bridgehead atoms. The van der Waals surface area contributed by atoms with E-state index in [1.165, 1.54) is 0 Å². The number of carboxylic acid groups (broad SMARTS) is 1. The number of aliphatic hydroxyl groups excluding tert-OH is 1. The molecule has 2 N–H and O–H groups in total. The van der Waals surface area contributed by atoms with Crippen LogP contribution in [0.4, 0.5) is 0 Å². The first-order valence-electron chi connectivity index (χ1n) is 6.38. The Balaban J connectivity index is 2.12. The average molecular weight is 266 g/mol. The van der Waals surface area contributed by atoms with Crippen molar-refractivity contribution in [3.63, 3.8) is 0 Å². The van der Waals surface area contributed by atoms with Crippen LogP contribution < -0.4 is 9.47 Å². The molecule has 0 aromatic heterocycles. The Morgan fingerprint density at radius 3 is 2.68 bits per heavy atom. The summed E-state index contributed by atoms with van der Waals surface area (Å²) in [5.41, 5.74) is 0.650. The lowest BCUT2D eigenvalue weighted by molar-refractivity contribution is -0.142. The summed E-state index contributed by atoms with van der Waals surface area (Å²) in [4.78, 5) is 10.8. The van der Waals surface area contributed by atoms with Crippen LogP contribution in [0.2, 0.25) is 0 Å². The fourth-order valence-corrected chi connectivity index (χ4v) is 1.96. The molecule has 104 valence electrons. The van der Waals surface area contributed by atoms with Gasteiger partial charge in [0.2, 0.25) is 0 Å². The lowest BCUT2D eigenvalue weighted by atomic mass is 9.98. The fraction of sp³-hybridized carbons (Fsp3) is 0.500. The molecular weight excluding hydrogens is 248 g/mol. The third-order valence-electron chi connectivity index (χ3n) is 3.15. The lowest BCUT2D eigenvalue weighted by Crippen LogP contribution is -2.13. The van der Waals surface area contributed by atoms with E-state index in [-0.39, 0.29) is 6.42 Å². The number of hydrogen-bond donors (Lipinski definition) is 2. The molecule has 1 aliphatic rings. The van der Waals surface area contributed by atoms with Crippen LogP contribution in [0.5, 0.6) is 11.5 Å². The van der Waals surface area contributed by atoms with E-state index in [2.05, 4.69) is 0 Å². The van der Waals surface area contributed by atoms with E-state index < -0.39 is 18.0 Å². The number of fused-ring (bicyclic) bond motifs is 1. The predicted molar refractivity (Wildman–Crippen MR) is 68.4 cm³/mol. The van der Waals surface area contributed by atoms with Crippen molar-refractivity contribution in [2.45, 2.75) is 25.9 Å². The maximum atomic E-state index is 10.8. The SMILES string of the molecule is CC(CC(O)c1ccc2c(c1)OCCCO2)C(=O)O. The van der Waals surface area contributed by atoms with E-state index in [0.29, 0.717) is 30.3 Å². The zero-order chi connectivity index (χ0) is 13.8. The van der Waals surface area contributed by atoms with Crippen molar-refractivity contribution in [1.29, 1.82) is 0 Å². The van der Waals surface area contributed by atoms with Gasteiger partial charge in [0.25, 0.3) is 0 Å². The summed E-state index contributed by atoms with van der Waals surface area (Å²) in [5, 5.41) is 18.9. The van der Waals surface area contributed by atoms with E-state index in [1.54, 1.807) is 25.1 Å². The van der Waals surface area contributed by atoms with Crippen LogP contribution in [0, 0.1) is 5.92 Å². The van der Waals surface area contributed by atoms with Gasteiger partial charge in [0, 0.05) is 6.42 Å². The molecule has 0 amide bonds. The van der Waals surface area contributed by atoms with Gasteiger partial charge in [-0.15, -0.1) is 0 Å². The van der Waals surface area contributed by atoms with Crippen LogP contribution in [0.15, 0.2) is 18.2 Å². The molecule has 5 nitrogen and oxygen atoms in total. The molecule has 1 aliphatic heterocycles. The third-order valence-corrected chi connectivity index (χ3v) is 3.15. The Labute approximate surface area is 111 Å². The Bertz CT molecular complexity index is 457. The number of carbonyl (C=O) groups is 1. The molecule has 0 aliphatic carbocycles. The average Bonchev–Trinajstić information content (AvgIpc) is 2.62. The van der Waals surface area contributed by atoms with E-state index in [9.17, 15) is 9.90 Å². The topological polar surface area (TPSA) is 76.0 Å². The maximum absolute atomic E-state index is 10.8. The zero-order valence-electron chi connectivity index (χ0n) is 10.8.